The van der Waals surface area contributed by atoms with Crippen molar-refractivity contribution < 1.29 is 18.3 Å². The molecule has 1 aliphatic carbocycles. The Hall–Kier alpha value is -1.40. The first-order valence-corrected chi connectivity index (χ1v) is 8.83. The molecule has 1 aliphatic rings. The molecule has 0 saturated heterocycles. The van der Waals surface area contributed by atoms with E-state index in [1.54, 1.807) is 18.2 Å². The molecule has 0 heterocycles. The van der Waals surface area contributed by atoms with E-state index in [2.05, 4.69) is 5.32 Å². The van der Waals surface area contributed by atoms with Crippen molar-refractivity contribution in [2.75, 3.05) is 12.3 Å². The summed E-state index contributed by atoms with van der Waals surface area (Å²) in [5.41, 5.74) is -0.812. The van der Waals surface area contributed by atoms with Crippen LogP contribution in [0.15, 0.2) is 35.2 Å². The number of sulfone groups is 1. The van der Waals surface area contributed by atoms with Crippen molar-refractivity contribution >= 4 is 15.7 Å². The Kier molecular flexibility index (Phi) is 5.00. The molecule has 21 heavy (non-hydrogen) atoms. The average molecular weight is 311 g/mol. The molecule has 1 saturated carbocycles. The first-order valence-electron chi connectivity index (χ1n) is 7.18. The van der Waals surface area contributed by atoms with Crippen LogP contribution < -0.4 is 5.32 Å². The molecule has 1 aromatic carbocycles. The predicted octanol–water partition coefficient (Wildman–Crippen LogP) is 1.27. The minimum absolute atomic E-state index is 0.0900. The first-order chi connectivity index (χ1) is 9.91. The summed E-state index contributed by atoms with van der Waals surface area (Å²) in [7, 11) is -3.43. The van der Waals surface area contributed by atoms with Crippen LogP contribution in [0.5, 0.6) is 0 Å². The van der Waals surface area contributed by atoms with E-state index in [0.29, 0.717) is 12.8 Å². The van der Waals surface area contributed by atoms with Gasteiger partial charge in [0.1, 0.15) is 0 Å². The molecule has 6 heteroatoms. The van der Waals surface area contributed by atoms with Crippen molar-refractivity contribution in [3.8, 4) is 0 Å². The van der Waals surface area contributed by atoms with Gasteiger partial charge in [0.25, 0.3) is 0 Å². The molecule has 116 valence electrons. The normalized spacial score (nSPS) is 17.6. The molecule has 0 radical (unpaired) electrons. The lowest BCUT2D eigenvalue weighted by atomic mass is 10.0. The van der Waals surface area contributed by atoms with E-state index in [1.165, 1.54) is 12.1 Å². The summed E-state index contributed by atoms with van der Waals surface area (Å²) in [5.74, 6) is -0.559. The van der Waals surface area contributed by atoms with E-state index in [4.69, 9.17) is 0 Å². The Morgan fingerprint density at radius 3 is 2.43 bits per heavy atom. The summed E-state index contributed by atoms with van der Waals surface area (Å²) in [6.07, 6.45) is 3.22. The van der Waals surface area contributed by atoms with E-state index in [1.807, 2.05) is 0 Å². The number of amides is 1. The standard InChI is InChI=1S/C15H21NO4S/c17-14(16-12-15(18)9-4-5-10-15)8-11-21(19,20)13-6-2-1-3-7-13/h1-3,6-7,18H,4-5,8-12H2,(H,16,17). The summed E-state index contributed by atoms with van der Waals surface area (Å²) in [4.78, 5) is 12.0. The number of benzene rings is 1. The van der Waals surface area contributed by atoms with Gasteiger partial charge in [-0.3, -0.25) is 4.79 Å². The summed E-state index contributed by atoms with van der Waals surface area (Å²) in [6.45, 7) is 0.206. The number of aliphatic hydroxyl groups is 1. The first kappa shape index (κ1) is 16.0. The zero-order valence-electron chi connectivity index (χ0n) is 11.9. The van der Waals surface area contributed by atoms with Gasteiger partial charge in [-0.1, -0.05) is 31.0 Å². The largest absolute Gasteiger partial charge is 0.388 e. The van der Waals surface area contributed by atoms with Gasteiger partial charge in [-0.2, -0.15) is 0 Å². The van der Waals surface area contributed by atoms with E-state index >= 15 is 0 Å². The number of hydrogen-bond acceptors (Lipinski definition) is 4. The summed E-state index contributed by atoms with van der Waals surface area (Å²) >= 11 is 0. The van der Waals surface area contributed by atoms with Crippen LogP contribution in [-0.2, 0) is 14.6 Å². The average Bonchev–Trinajstić information content (AvgIpc) is 2.91. The Morgan fingerprint density at radius 2 is 1.81 bits per heavy atom. The molecular weight excluding hydrogens is 290 g/mol. The van der Waals surface area contributed by atoms with Crippen LogP contribution in [0.3, 0.4) is 0 Å². The molecule has 2 rings (SSSR count). The molecule has 1 aromatic rings. The van der Waals surface area contributed by atoms with Gasteiger partial charge in [-0.15, -0.1) is 0 Å². The fourth-order valence-electron chi connectivity index (χ4n) is 2.53. The van der Waals surface area contributed by atoms with E-state index in [-0.39, 0.29) is 29.5 Å². The summed E-state index contributed by atoms with van der Waals surface area (Å²) < 4.78 is 24.1. The summed E-state index contributed by atoms with van der Waals surface area (Å²) in [5, 5.41) is 12.7. The third kappa shape index (κ3) is 4.54. The third-order valence-electron chi connectivity index (χ3n) is 3.85. The molecule has 1 amide bonds. The van der Waals surface area contributed by atoms with Crippen molar-refractivity contribution in [3.05, 3.63) is 30.3 Å². The van der Waals surface area contributed by atoms with Crippen LogP contribution in [0, 0.1) is 0 Å². The SMILES string of the molecule is O=C(CCS(=O)(=O)c1ccccc1)NCC1(O)CCCC1. The third-order valence-corrected chi connectivity index (χ3v) is 5.58. The van der Waals surface area contributed by atoms with Gasteiger partial charge in [-0.05, 0) is 25.0 Å². The zero-order valence-corrected chi connectivity index (χ0v) is 12.7. The Labute approximate surface area is 125 Å². The molecule has 0 aliphatic heterocycles. The smallest absolute Gasteiger partial charge is 0.221 e. The number of nitrogens with one attached hydrogen (secondary N) is 1. The van der Waals surface area contributed by atoms with Gasteiger partial charge in [0, 0.05) is 13.0 Å². The fourth-order valence-corrected chi connectivity index (χ4v) is 3.80. The maximum Gasteiger partial charge on any atom is 0.221 e. The second-order valence-electron chi connectivity index (χ2n) is 5.59. The lowest BCUT2D eigenvalue weighted by molar-refractivity contribution is -0.121. The van der Waals surface area contributed by atoms with Crippen molar-refractivity contribution in [1.82, 2.24) is 5.32 Å². The number of carbonyl (C=O) groups excluding carboxylic acids is 1. The van der Waals surface area contributed by atoms with Gasteiger partial charge in [0.15, 0.2) is 9.84 Å². The molecule has 0 spiro atoms. The second-order valence-corrected chi connectivity index (χ2v) is 7.70. The monoisotopic (exact) mass is 311 g/mol. The summed E-state index contributed by atoms with van der Waals surface area (Å²) in [6, 6.07) is 8.10. The molecule has 0 unspecified atom stereocenters. The molecule has 2 N–H and O–H groups in total. The highest BCUT2D eigenvalue weighted by molar-refractivity contribution is 7.91. The maximum atomic E-state index is 12.0. The van der Waals surface area contributed by atoms with Gasteiger partial charge in [0.2, 0.25) is 5.91 Å². The van der Waals surface area contributed by atoms with Crippen LogP contribution in [-0.4, -0.2) is 37.3 Å². The van der Waals surface area contributed by atoms with Crippen molar-refractivity contribution in [2.45, 2.75) is 42.6 Å². The van der Waals surface area contributed by atoms with Gasteiger partial charge < -0.3 is 10.4 Å². The molecule has 1 fully saturated rings. The molecular formula is C15H21NO4S. The molecule has 5 nitrogen and oxygen atoms in total. The Morgan fingerprint density at radius 1 is 1.19 bits per heavy atom. The zero-order chi connectivity index (χ0) is 15.3. The fraction of sp³-hybridized carbons (Fsp3) is 0.533. The van der Waals surface area contributed by atoms with E-state index in [9.17, 15) is 18.3 Å². The van der Waals surface area contributed by atoms with E-state index in [0.717, 1.165) is 12.8 Å². The van der Waals surface area contributed by atoms with Gasteiger partial charge in [0.05, 0.1) is 16.2 Å². The highest BCUT2D eigenvalue weighted by Crippen LogP contribution is 2.28. The van der Waals surface area contributed by atoms with E-state index < -0.39 is 15.4 Å². The van der Waals surface area contributed by atoms with Crippen molar-refractivity contribution in [3.63, 3.8) is 0 Å². The highest BCUT2D eigenvalue weighted by Gasteiger charge is 2.31. The van der Waals surface area contributed by atoms with Crippen LogP contribution in [0.2, 0.25) is 0 Å². The van der Waals surface area contributed by atoms with Crippen LogP contribution in [0.4, 0.5) is 0 Å². The lowest BCUT2D eigenvalue weighted by Crippen LogP contribution is -2.41. The van der Waals surface area contributed by atoms with Crippen molar-refractivity contribution in [2.24, 2.45) is 0 Å². The topological polar surface area (TPSA) is 83.5 Å². The Balaban J connectivity index is 1.81. The van der Waals surface area contributed by atoms with Crippen LogP contribution in [0.1, 0.15) is 32.1 Å². The minimum Gasteiger partial charge on any atom is -0.388 e. The maximum absolute atomic E-state index is 12.0. The molecule has 0 atom stereocenters. The van der Waals surface area contributed by atoms with Gasteiger partial charge in [-0.25, -0.2) is 8.42 Å². The van der Waals surface area contributed by atoms with Crippen LogP contribution >= 0.6 is 0 Å². The predicted molar refractivity (Wildman–Crippen MR) is 79.5 cm³/mol. The molecule has 0 bridgehead atoms. The quantitative estimate of drug-likeness (QED) is 0.829. The van der Waals surface area contributed by atoms with Gasteiger partial charge >= 0.3 is 0 Å². The second kappa shape index (κ2) is 6.58. The lowest BCUT2D eigenvalue weighted by Gasteiger charge is -2.22. The van der Waals surface area contributed by atoms with Crippen LogP contribution in [0.25, 0.3) is 0 Å². The van der Waals surface area contributed by atoms with Crippen molar-refractivity contribution in [1.29, 1.82) is 0 Å². The highest BCUT2D eigenvalue weighted by atomic mass is 32.2. The number of carbonyl (C=O) groups is 1. The molecule has 0 aromatic heterocycles. The minimum atomic E-state index is -3.43. The number of rotatable bonds is 6. The number of hydrogen-bond donors (Lipinski definition) is 2. The Bertz CT molecular complexity index is 577.